The topological polar surface area (TPSA) is 72.2 Å². The Labute approximate surface area is 196 Å². The molecule has 5 aromatic rings. The van der Waals surface area contributed by atoms with Crippen molar-refractivity contribution in [3.05, 3.63) is 102 Å². The monoisotopic (exact) mass is 453 g/mol. The molecule has 0 aliphatic heterocycles. The molecule has 164 valence electrons. The number of fused-ring (bicyclic) bond motifs is 1. The molecule has 1 amide bonds. The van der Waals surface area contributed by atoms with E-state index in [1.807, 2.05) is 62.6 Å². The number of carbonyl (C=O) groups excluding carboxylic acids is 1. The summed E-state index contributed by atoms with van der Waals surface area (Å²) in [5.41, 5.74) is 5.00. The number of amides is 1. The van der Waals surface area contributed by atoms with Crippen LogP contribution in [-0.2, 0) is 4.79 Å². The summed E-state index contributed by atoms with van der Waals surface area (Å²) in [7, 11) is 0. The van der Waals surface area contributed by atoms with E-state index in [-0.39, 0.29) is 11.8 Å². The maximum absolute atomic E-state index is 13.4. The molecule has 0 unspecified atom stereocenters. The first-order chi connectivity index (χ1) is 16.0. The highest BCUT2D eigenvalue weighted by Crippen LogP contribution is 2.42. The van der Waals surface area contributed by atoms with Crippen molar-refractivity contribution >= 4 is 27.9 Å². The highest BCUT2D eigenvalue weighted by molar-refractivity contribution is 7.13. The molecule has 0 saturated heterocycles. The lowest BCUT2D eigenvalue weighted by atomic mass is 9.70. The van der Waals surface area contributed by atoms with E-state index in [1.54, 1.807) is 5.51 Å². The van der Waals surface area contributed by atoms with E-state index >= 15 is 0 Å². The van der Waals surface area contributed by atoms with Crippen LogP contribution in [-0.4, -0.2) is 25.5 Å². The van der Waals surface area contributed by atoms with Crippen molar-refractivity contribution in [3.8, 4) is 11.4 Å². The molecule has 0 aliphatic carbocycles. The minimum absolute atomic E-state index is 0.105. The molecule has 0 spiro atoms. The summed E-state index contributed by atoms with van der Waals surface area (Å²) in [4.78, 5) is 18.0. The molecule has 0 saturated carbocycles. The number of hydrogen-bond acceptors (Lipinski definition) is 5. The Balaban J connectivity index is 1.58. The zero-order chi connectivity index (χ0) is 22.8. The molecular formula is C26H23N5OS. The third-order valence-corrected chi connectivity index (χ3v) is 6.55. The molecule has 7 heteroatoms. The van der Waals surface area contributed by atoms with Gasteiger partial charge in [0, 0.05) is 17.7 Å². The first-order valence-corrected chi connectivity index (χ1v) is 11.6. The molecule has 3 heterocycles. The number of benzene rings is 2. The first-order valence-electron chi connectivity index (χ1n) is 10.7. The molecular weight excluding hydrogens is 430 g/mol. The van der Waals surface area contributed by atoms with Crippen molar-refractivity contribution in [2.75, 3.05) is 5.32 Å². The molecule has 0 bridgehead atoms. The molecule has 6 nitrogen and oxygen atoms in total. The van der Waals surface area contributed by atoms with Crippen LogP contribution in [0.4, 0.5) is 5.13 Å². The summed E-state index contributed by atoms with van der Waals surface area (Å²) in [5, 5.41) is 11.2. The van der Waals surface area contributed by atoms with E-state index in [0.29, 0.717) is 5.13 Å². The van der Waals surface area contributed by atoms with Crippen LogP contribution >= 0.6 is 11.3 Å². The van der Waals surface area contributed by atoms with E-state index in [1.165, 1.54) is 11.3 Å². The lowest BCUT2D eigenvalue weighted by molar-refractivity contribution is -0.124. The second kappa shape index (κ2) is 8.60. The van der Waals surface area contributed by atoms with Gasteiger partial charge in [0.05, 0.1) is 17.1 Å². The van der Waals surface area contributed by atoms with E-state index in [0.717, 1.165) is 28.0 Å². The van der Waals surface area contributed by atoms with Crippen LogP contribution in [0.1, 0.15) is 30.9 Å². The van der Waals surface area contributed by atoms with Crippen molar-refractivity contribution in [1.82, 2.24) is 19.6 Å². The van der Waals surface area contributed by atoms with Gasteiger partial charge in [-0.15, -0.1) is 10.2 Å². The van der Waals surface area contributed by atoms with Gasteiger partial charge in [0.1, 0.15) is 11.3 Å². The Morgan fingerprint density at radius 3 is 2.42 bits per heavy atom. The maximum Gasteiger partial charge on any atom is 0.232 e. The molecule has 3 aromatic heterocycles. The van der Waals surface area contributed by atoms with Crippen LogP contribution in [0.5, 0.6) is 0 Å². The van der Waals surface area contributed by atoms with Crippen molar-refractivity contribution in [2.45, 2.75) is 19.8 Å². The van der Waals surface area contributed by atoms with Gasteiger partial charge in [0.15, 0.2) is 0 Å². The van der Waals surface area contributed by atoms with Crippen LogP contribution in [0, 0.1) is 5.41 Å². The minimum Gasteiger partial charge on any atom is -0.300 e. The fraction of sp³-hybridized carbons (Fsp3) is 0.154. The molecule has 0 aliphatic rings. The number of nitrogens with zero attached hydrogens (tertiary/aromatic N) is 4. The fourth-order valence-electron chi connectivity index (χ4n) is 4.29. The summed E-state index contributed by atoms with van der Waals surface area (Å²) in [5.74, 6) is 0.611. The third-order valence-electron chi connectivity index (χ3n) is 5.94. The summed E-state index contributed by atoms with van der Waals surface area (Å²) < 4.78 is 2.08. The van der Waals surface area contributed by atoms with Gasteiger partial charge < -0.3 is 5.32 Å². The smallest absolute Gasteiger partial charge is 0.232 e. The molecule has 5 rings (SSSR count). The van der Waals surface area contributed by atoms with Gasteiger partial charge in [0.25, 0.3) is 0 Å². The first kappa shape index (κ1) is 21.0. The standard InChI is InChI=1S/C26H23N5OS/c1-26(2,24(32)29-25-30-28-17-33-25)22(18-9-5-3-6-10-18)20-13-14-31-21(15-20)16-27-23(31)19-11-7-4-8-12-19/h3-17,22H,1-2H3,(H,29,30,32)/t22-/m1/s1. The van der Waals surface area contributed by atoms with Gasteiger partial charge in [-0.1, -0.05) is 85.8 Å². The Bertz CT molecular complexity index is 1380. The largest absolute Gasteiger partial charge is 0.300 e. The highest BCUT2D eigenvalue weighted by atomic mass is 32.1. The second-order valence-electron chi connectivity index (χ2n) is 8.47. The van der Waals surface area contributed by atoms with Gasteiger partial charge >= 0.3 is 0 Å². The van der Waals surface area contributed by atoms with E-state index in [2.05, 4.69) is 61.3 Å². The van der Waals surface area contributed by atoms with Crippen molar-refractivity contribution < 1.29 is 4.79 Å². The summed E-state index contributed by atoms with van der Waals surface area (Å²) in [6.07, 6.45) is 3.91. The van der Waals surface area contributed by atoms with E-state index in [4.69, 9.17) is 0 Å². The molecule has 33 heavy (non-hydrogen) atoms. The zero-order valence-electron chi connectivity index (χ0n) is 18.3. The lowest BCUT2D eigenvalue weighted by Crippen LogP contribution is -2.37. The quantitative estimate of drug-likeness (QED) is 0.361. The van der Waals surface area contributed by atoms with Crippen molar-refractivity contribution in [3.63, 3.8) is 0 Å². The van der Waals surface area contributed by atoms with Crippen molar-refractivity contribution in [1.29, 1.82) is 0 Å². The molecule has 0 fully saturated rings. The second-order valence-corrected chi connectivity index (χ2v) is 9.30. The average Bonchev–Trinajstić information content (AvgIpc) is 3.50. The number of anilines is 1. The molecule has 1 N–H and O–H groups in total. The summed E-state index contributed by atoms with van der Waals surface area (Å²) in [6, 6.07) is 24.5. The van der Waals surface area contributed by atoms with Gasteiger partial charge in [-0.3, -0.25) is 9.20 Å². The maximum atomic E-state index is 13.4. The number of nitrogens with one attached hydrogen (secondary N) is 1. The average molecular weight is 454 g/mol. The Morgan fingerprint density at radius 2 is 1.73 bits per heavy atom. The van der Waals surface area contributed by atoms with Gasteiger partial charge in [-0.25, -0.2) is 4.98 Å². The molecule has 0 radical (unpaired) electrons. The Hall–Kier alpha value is -3.84. The summed E-state index contributed by atoms with van der Waals surface area (Å²) in [6.45, 7) is 3.94. The minimum atomic E-state index is -0.756. The summed E-state index contributed by atoms with van der Waals surface area (Å²) >= 11 is 1.31. The van der Waals surface area contributed by atoms with E-state index < -0.39 is 5.41 Å². The van der Waals surface area contributed by atoms with Crippen LogP contribution in [0.3, 0.4) is 0 Å². The predicted octanol–water partition coefficient (Wildman–Crippen LogP) is 5.65. The zero-order valence-corrected chi connectivity index (χ0v) is 19.2. The van der Waals surface area contributed by atoms with Crippen LogP contribution in [0.15, 0.2) is 90.7 Å². The number of rotatable bonds is 6. The fourth-order valence-corrected chi connectivity index (χ4v) is 4.73. The van der Waals surface area contributed by atoms with Crippen LogP contribution in [0.2, 0.25) is 0 Å². The Morgan fingerprint density at radius 1 is 1.00 bits per heavy atom. The van der Waals surface area contributed by atoms with Crippen LogP contribution in [0.25, 0.3) is 16.9 Å². The highest BCUT2D eigenvalue weighted by Gasteiger charge is 2.39. The molecule has 2 aromatic carbocycles. The lowest BCUT2D eigenvalue weighted by Gasteiger charge is -2.33. The number of aromatic nitrogens is 4. The van der Waals surface area contributed by atoms with Gasteiger partial charge in [-0.05, 0) is 23.3 Å². The third kappa shape index (κ3) is 4.03. The number of carbonyl (C=O) groups is 1. The molecule has 1 atom stereocenters. The van der Waals surface area contributed by atoms with Crippen molar-refractivity contribution in [2.24, 2.45) is 5.41 Å². The predicted molar refractivity (Wildman–Crippen MR) is 131 cm³/mol. The van der Waals surface area contributed by atoms with E-state index in [9.17, 15) is 4.79 Å². The number of hydrogen-bond donors (Lipinski definition) is 1. The number of pyridine rings is 1. The Kier molecular flexibility index (Phi) is 5.48. The van der Waals surface area contributed by atoms with Gasteiger partial charge in [0.2, 0.25) is 11.0 Å². The SMILES string of the molecule is CC(C)(C(=O)Nc1nncs1)[C@H](c1ccccc1)c1ccn2c(-c3ccccc3)ncc2c1. The van der Waals surface area contributed by atoms with Crippen LogP contribution < -0.4 is 5.32 Å². The van der Waals surface area contributed by atoms with Gasteiger partial charge in [-0.2, -0.15) is 0 Å². The normalized spacial score (nSPS) is 12.5. The number of imidazole rings is 1.